The Kier molecular flexibility index (Phi) is 6.95. The average molecular weight is 512 g/mol. The van der Waals surface area contributed by atoms with Crippen molar-refractivity contribution in [1.82, 2.24) is 19.4 Å². The fourth-order valence-electron chi connectivity index (χ4n) is 3.33. The van der Waals surface area contributed by atoms with E-state index < -0.39 is 0 Å². The Morgan fingerprint density at radius 3 is 2.61 bits per heavy atom. The lowest BCUT2D eigenvalue weighted by Crippen LogP contribution is -2.51. The van der Waals surface area contributed by atoms with Gasteiger partial charge in [0.25, 0.3) is 0 Å². The molecule has 28 heavy (non-hydrogen) atoms. The number of piperazine rings is 1. The molecule has 148 valence electrons. The minimum atomic E-state index is 0. The zero-order valence-corrected chi connectivity index (χ0v) is 18.5. The molecule has 4 rings (SSSR count). The first-order valence-electron chi connectivity index (χ1n) is 9.02. The number of halogens is 2. The molecule has 0 aliphatic carbocycles. The standard InChI is InChI=1S/C19H22ClN7.HI/c20-16-2-3-17-15(14-16)4-8-25(17)9-7-22-18(21)26-10-12-27(13-11-26)19-23-5-1-6-24-19;/h1-6,8,14H,7,9-13H2,(H2,21,22);1H. The number of nitrogens with two attached hydrogens (primary N) is 1. The molecule has 0 atom stereocenters. The van der Waals surface area contributed by atoms with Crippen LogP contribution in [0.5, 0.6) is 0 Å². The number of anilines is 1. The molecule has 9 heteroatoms. The van der Waals surface area contributed by atoms with Crippen LogP contribution in [0.1, 0.15) is 0 Å². The van der Waals surface area contributed by atoms with Crippen LogP contribution in [-0.4, -0.2) is 58.1 Å². The summed E-state index contributed by atoms with van der Waals surface area (Å²) in [6.45, 7) is 4.73. The Hall–Kier alpha value is -2.07. The van der Waals surface area contributed by atoms with Gasteiger partial charge in [-0.3, -0.25) is 4.99 Å². The van der Waals surface area contributed by atoms with Gasteiger partial charge in [-0.1, -0.05) is 11.6 Å². The number of nitrogens with zero attached hydrogens (tertiary/aromatic N) is 6. The Morgan fingerprint density at radius 1 is 1.11 bits per heavy atom. The van der Waals surface area contributed by atoms with Crippen LogP contribution >= 0.6 is 35.6 Å². The summed E-state index contributed by atoms with van der Waals surface area (Å²) in [6.07, 6.45) is 5.60. The molecule has 0 unspecified atom stereocenters. The predicted molar refractivity (Wildman–Crippen MR) is 125 cm³/mol. The predicted octanol–water partition coefficient (Wildman–Crippen LogP) is 2.84. The zero-order valence-electron chi connectivity index (χ0n) is 15.4. The fourth-order valence-corrected chi connectivity index (χ4v) is 3.51. The maximum atomic E-state index is 6.20. The largest absolute Gasteiger partial charge is 0.370 e. The summed E-state index contributed by atoms with van der Waals surface area (Å²) in [5.41, 5.74) is 7.36. The smallest absolute Gasteiger partial charge is 0.225 e. The van der Waals surface area contributed by atoms with Gasteiger partial charge in [0.2, 0.25) is 5.95 Å². The van der Waals surface area contributed by atoms with Crippen molar-refractivity contribution in [3.63, 3.8) is 0 Å². The minimum Gasteiger partial charge on any atom is -0.370 e. The molecule has 7 nitrogen and oxygen atoms in total. The van der Waals surface area contributed by atoms with Crippen LogP contribution in [-0.2, 0) is 6.54 Å². The lowest BCUT2D eigenvalue weighted by molar-refractivity contribution is 0.378. The van der Waals surface area contributed by atoms with Crippen molar-refractivity contribution in [2.45, 2.75) is 6.54 Å². The summed E-state index contributed by atoms with van der Waals surface area (Å²) in [4.78, 5) is 17.5. The van der Waals surface area contributed by atoms with Gasteiger partial charge in [-0.25, -0.2) is 9.97 Å². The molecule has 3 aromatic rings. The Balaban J connectivity index is 0.00000225. The third kappa shape index (κ3) is 4.67. The molecule has 3 heterocycles. The monoisotopic (exact) mass is 511 g/mol. The number of rotatable bonds is 4. The van der Waals surface area contributed by atoms with Gasteiger partial charge in [-0.2, -0.15) is 0 Å². The van der Waals surface area contributed by atoms with E-state index in [1.54, 1.807) is 12.4 Å². The van der Waals surface area contributed by atoms with Gasteiger partial charge >= 0.3 is 0 Å². The number of aliphatic imine (C=N–C) groups is 1. The van der Waals surface area contributed by atoms with Gasteiger partial charge in [-0.05, 0) is 30.3 Å². The van der Waals surface area contributed by atoms with Crippen LogP contribution in [0.2, 0.25) is 5.02 Å². The molecule has 1 saturated heterocycles. The van der Waals surface area contributed by atoms with E-state index in [-0.39, 0.29) is 24.0 Å². The highest BCUT2D eigenvalue weighted by Crippen LogP contribution is 2.20. The average Bonchev–Trinajstić information content (AvgIpc) is 3.10. The first kappa shape index (κ1) is 20.7. The van der Waals surface area contributed by atoms with Crippen LogP contribution in [0.4, 0.5) is 5.95 Å². The zero-order chi connectivity index (χ0) is 18.6. The van der Waals surface area contributed by atoms with Crippen molar-refractivity contribution in [3.05, 3.63) is 53.9 Å². The van der Waals surface area contributed by atoms with E-state index in [1.165, 1.54) is 0 Å². The summed E-state index contributed by atoms with van der Waals surface area (Å²) >= 11 is 6.04. The molecule has 2 aromatic heterocycles. The lowest BCUT2D eigenvalue weighted by atomic mass is 10.2. The third-order valence-electron chi connectivity index (χ3n) is 4.79. The quantitative estimate of drug-likeness (QED) is 0.331. The molecule has 0 spiro atoms. The number of guanidine groups is 1. The van der Waals surface area contributed by atoms with Crippen molar-refractivity contribution in [3.8, 4) is 0 Å². The SMILES string of the molecule is I.NC(=NCCn1ccc2cc(Cl)ccc21)N1CCN(c2ncccn2)CC1. The van der Waals surface area contributed by atoms with Gasteiger partial charge in [0.05, 0.1) is 6.54 Å². The van der Waals surface area contributed by atoms with Crippen molar-refractivity contribution >= 4 is 58.4 Å². The topological polar surface area (TPSA) is 75.6 Å². The van der Waals surface area contributed by atoms with E-state index in [9.17, 15) is 0 Å². The number of benzene rings is 1. The molecule has 1 aliphatic rings. The molecule has 1 aromatic carbocycles. The van der Waals surface area contributed by atoms with E-state index in [0.29, 0.717) is 12.5 Å². The molecule has 0 bridgehead atoms. The summed E-state index contributed by atoms with van der Waals surface area (Å²) < 4.78 is 2.17. The highest BCUT2D eigenvalue weighted by Gasteiger charge is 2.19. The first-order valence-corrected chi connectivity index (χ1v) is 9.40. The van der Waals surface area contributed by atoms with Gasteiger partial charge in [-0.15, -0.1) is 24.0 Å². The first-order chi connectivity index (χ1) is 13.2. The normalized spacial score (nSPS) is 15.0. The Labute approximate surface area is 186 Å². The van der Waals surface area contributed by atoms with E-state index in [1.807, 2.05) is 24.3 Å². The number of hydrogen-bond acceptors (Lipinski definition) is 4. The highest BCUT2D eigenvalue weighted by atomic mass is 127. The van der Waals surface area contributed by atoms with E-state index in [0.717, 1.165) is 54.6 Å². The second kappa shape index (κ2) is 9.42. The van der Waals surface area contributed by atoms with E-state index >= 15 is 0 Å². The van der Waals surface area contributed by atoms with E-state index in [2.05, 4.69) is 41.6 Å². The van der Waals surface area contributed by atoms with Gasteiger partial charge < -0.3 is 20.1 Å². The second-order valence-electron chi connectivity index (χ2n) is 6.48. The highest BCUT2D eigenvalue weighted by molar-refractivity contribution is 14.0. The summed E-state index contributed by atoms with van der Waals surface area (Å²) in [5.74, 6) is 1.37. The number of fused-ring (bicyclic) bond motifs is 1. The molecule has 1 fully saturated rings. The Bertz CT molecular complexity index is 936. The maximum absolute atomic E-state index is 6.20. The van der Waals surface area contributed by atoms with Crippen molar-refractivity contribution in [2.24, 2.45) is 10.7 Å². The van der Waals surface area contributed by atoms with Crippen molar-refractivity contribution < 1.29 is 0 Å². The van der Waals surface area contributed by atoms with Gasteiger partial charge in [0.15, 0.2) is 5.96 Å². The third-order valence-corrected chi connectivity index (χ3v) is 5.02. The van der Waals surface area contributed by atoms with Gasteiger partial charge in [0, 0.05) is 67.2 Å². The lowest BCUT2D eigenvalue weighted by Gasteiger charge is -2.35. The Morgan fingerprint density at radius 2 is 1.86 bits per heavy atom. The van der Waals surface area contributed by atoms with Gasteiger partial charge in [0.1, 0.15) is 0 Å². The number of hydrogen-bond donors (Lipinski definition) is 1. The molecule has 2 N–H and O–H groups in total. The molecule has 0 saturated carbocycles. The van der Waals surface area contributed by atoms with Crippen LogP contribution in [0.3, 0.4) is 0 Å². The van der Waals surface area contributed by atoms with Crippen LogP contribution < -0.4 is 10.6 Å². The van der Waals surface area contributed by atoms with E-state index in [4.69, 9.17) is 17.3 Å². The molecule has 0 radical (unpaired) electrons. The summed E-state index contributed by atoms with van der Waals surface area (Å²) in [6, 6.07) is 9.82. The molecule has 1 aliphatic heterocycles. The molecular weight excluding hydrogens is 489 g/mol. The molecular formula is C19H23ClIN7. The van der Waals surface area contributed by atoms with Crippen LogP contribution in [0.25, 0.3) is 10.9 Å². The molecule has 0 amide bonds. The van der Waals surface area contributed by atoms with Crippen LogP contribution in [0.15, 0.2) is 53.9 Å². The van der Waals surface area contributed by atoms with Crippen molar-refractivity contribution in [2.75, 3.05) is 37.6 Å². The maximum Gasteiger partial charge on any atom is 0.225 e. The minimum absolute atomic E-state index is 0. The number of aromatic nitrogens is 3. The van der Waals surface area contributed by atoms with Crippen LogP contribution in [0, 0.1) is 0 Å². The van der Waals surface area contributed by atoms with Crippen molar-refractivity contribution in [1.29, 1.82) is 0 Å². The fraction of sp³-hybridized carbons (Fsp3) is 0.316. The second-order valence-corrected chi connectivity index (χ2v) is 6.91. The summed E-state index contributed by atoms with van der Waals surface area (Å²) in [5, 5.41) is 1.89. The summed E-state index contributed by atoms with van der Waals surface area (Å²) in [7, 11) is 0.